The van der Waals surface area contributed by atoms with Crippen molar-refractivity contribution in [1.82, 2.24) is 9.88 Å². The smallest absolute Gasteiger partial charge is 0.387 e. The first kappa shape index (κ1) is 31.5. The lowest BCUT2D eigenvalue weighted by Crippen LogP contribution is -2.26. The maximum Gasteiger partial charge on any atom is 0.387 e. The fourth-order valence-corrected chi connectivity index (χ4v) is 3.41. The highest BCUT2D eigenvalue weighted by Gasteiger charge is 2.28. The van der Waals surface area contributed by atoms with Gasteiger partial charge >= 0.3 is 6.61 Å². The van der Waals surface area contributed by atoms with Crippen molar-refractivity contribution in [2.24, 2.45) is 11.7 Å². The highest BCUT2D eigenvalue weighted by Crippen LogP contribution is 2.39. The van der Waals surface area contributed by atoms with Gasteiger partial charge in [0.25, 0.3) is 0 Å². The number of likely N-dealkylation sites (N-methyl/N-ethyl adjacent to an activating group) is 1. The molecule has 1 unspecified atom stereocenters. The van der Waals surface area contributed by atoms with Crippen LogP contribution in [-0.2, 0) is 0 Å². The summed E-state index contributed by atoms with van der Waals surface area (Å²) >= 11 is 0. The number of hydrogen-bond donors (Lipinski definition) is 1. The summed E-state index contributed by atoms with van der Waals surface area (Å²) in [5.41, 5.74) is 9.87. The Morgan fingerprint density at radius 2 is 1.71 bits per heavy atom. The van der Waals surface area contributed by atoms with E-state index >= 15 is 0 Å². The maximum absolute atomic E-state index is 12.9. The van der Waals surface area contributed by atoms with Gasteiger partial charge in [0.1, 0.15) is 5.75 Å². The quantitative estimate of drug-likeness (QED) is 0.477. The molecule has 34 heavy (non-hydrogen) atoms. The molecular formula is C28H45F2N3O. The van der Waals surface area contributed by atoms with E-state index in [0.717, 1.165) is 17.0 Å². The molecule has 2 N–H and O–H groups in total. The number of rotatable bonds is 5. The number of aromatic nitrogens is 1. The number of alkyl halides is 2. The molecule has 1 atom stereocenters. The summed E-state index contributed by atoms with van der Waals surface area (Å²) in [5, 5.41) is 0. The number of pyridine rings is 1. The van der Waals surface area contributed by atoms with Crippen LogP contribution in [0.3, 0.4) is 0 Å². The van der Waals surface area contributed by atoms with Gasteiger partial charge in [0.2, 0.25) is 0 Å². The number of benzene rings is 1. The second-order valence-electron chi connectivity index (χ2n) is 7.76. The van der Waals surface area contributed by atoms with Gasteiger partial charge in [0.05, 0.1) is 6.04 Å². The Kier molecular flexibility index (Phi) is 15.8. The zero-order chi connectivity index (χ0) is 26.3. The summed E-state index contributed by atoms with van der Waals surface area (Å²) in [6.07, 6.45) is 7.95. The summed E-state index contributed by atoms with van der Waals surface area (Å²) in [6.45, 7) is 14.2. The summed E-state index contributed by atoms with van der Waals surface area (Å²) in [5.74, 6) is 1.15. The average molecular weight is 478 g/mol. The minimum absolute atomic E-state index is 0.215. The van der Waals surface area contributed by atoms with E-state index < -0.39 is 6.61 Å². The van der Waals surface area contributed by atoms with Crippen molar-refractivity contribution in [1.29, 1.82) is 0 Å². The highest BCUT2D eigenvalue weighted by atomic mass is 19.3. The van der Waals surface area contributed by atoms with Gasteiger partial charge < -0.3 is 10.5 Å². The molecule has 1 aromatic carbocycles. The van der Waals surface area contributed by atoms with Gasteiger partial charge in [-0.3, -0.25) is 9.88 Å². The van der Waals surface area contributed by atoms with Gasteiger partial charge in [0.15, 0.2) is 0 Å². The third kappa shape index (κ3) is 9.05. The van der Waals surface area contributed by atoms with E-state index in [2.05, 4.69) is 25.8 Å². The Bertz CT molecular complexity index is 851. The van der Waals surface area contributed by atoms with Crippen molar-refractivity contribution in [3.8, 4) is 5.75 Å². The van der Waals surface area contributed by atoms with E-state index in [1.807, 2.05) is 63.9 Å². The van der Waals surface area contributed by atoms with E-state index in [0.29, 0.717) is 23.4 Å². The lowest BCUT2D eigenvalue weighted by atomic mass is 9.93. The number of nitrogens with two attached hydrogens (primary N) is 1. The van der Waals surface area contributed by atoms with E-state index in [1.165, 1.54) is 12.8 Å². The first-order valence-electron chi connectivity index (χ1n) is 12.4. The third-order valence-electron chi connectivity index (χ3n) is 5.64. The minimum atomic E-state index is -2.87. The normalized spacial score (nSPS) is 14.9. The Labute approximate surface area is 206 Å². The summed E-state index contributed by atoms with van der Waals surface area (Å²) in [6, 6.07) is 7.04. The van der Waals surface area contributed by atoms with Crippen LogP contribution in [0.5, 0.6) is 5.75 Å². The fraction of sp³-hybridized carbons (Fsp3) is 0.536. The predicted molar refractivity (Wildman–Crippen MR) is 141 cm³/mol. The zero-order valence-corrected chi connectivity index (χ0v) is 22.5. The van der Waals surface area contributed by atoms with Crippen LogP contribution in [0.4, 0.5) is 8.78 Å². The number of para-hydroxylation sites is 1. The molecule has 2 aromatic rings. The number of ether oxygens (including phenoxy) is 1. The van der Waals surface area contributed by atoms with Crippen molar-refractivity contribution in [2.75, 3.05) is 13.6 Å². The molecule has 0 radical (unpaired) electrons. The molecule has 0 spiro atoms. The van der Waals surface area contributed by atoms with Crippen LogP contribution in [0.15, 0.2) is 42.7 Å². The molecule has 0 amide bonds. The molecule has 3 rings (SSSR count). The van der Waals surface area contributed by atoms with Crippen molar-refractivity contribution < 1.29 is 13.5 Å². The van der Waals surface area contributed by atoms with Gasteiger partial charge in [-0.15, -0.1) is 0 Å². The van der Waals surface area contributed by atoms with Gasteiger partial charge in [-0.05, 0) is 43.2 Å². The van der Waals surface area contributed by atoms with Crippen LogP contribution >= 0.6 is 0 Å². The van der Waals surface area contributed by atoms with Crippen molar-refractivity contribution >= 4 is 5.70 Å². The molecule has 0 aliphatic carbocycles. The summed E-state index contributed by atoms with van der Waals surface area (Å²) in [4.78, 5) is 6.19. The number of hydrogen-bond acceptors (Lipinski definition) is 4. The standard InChI is InChI=1S/C18H19F2N3O.C6H14.2C2H6/c1-11-4-3-5-13(17(11)24-18(19)20)16-12-6-8-22-10-14(12)15(21)7-9-23(16)2;1-4-6(3)5-2;2*1-2/h3-8,10,16,18H,9,21H2,1-2H3;6H,4-5H2,1-3H3;2*1-2H3. The monoisotopic (exact) mass is 477 g/mol. The van der Waals surface area contributed by atoms with Gasteiger partial charge in [-0.25, -0.2) is 0 Å². The first-order chi connectivity index (χ1) is 16.3. The Morgan fingerprint density at radius 1 is 1.09 bits per heavy atom. The molecule has 192 valence electrons. The lowest BCUT2D eigenvalue weighted by Gasteiger charge is -2.29. The maximum atomic E-state index is 12.9. The van der Waals surface area contributed by atoms with Crippen LogP contribution in [0, 0.1) is 12.8 Å². The van der Waals surface area contributed by atoms with Gasteiger partial charge in [-0.2, -0.15) is 8.78 Å². The molecular weight excluding hydrogens is 432 g/mol. The largest absolute Gasteiger partial charge is 0.434 e. The lowest BCUT2D eigenvalue weighted by molar-refractivity contribution is -0.0513. The molecule has 0 bridgehead atoms. The van der Waals surface area contributed by atoms with Crippen LogP contribution in [0.1, 0.15) is 89.6 Å². The van der Waals surface area contributed by atoms with Crippen LogP contribution < -0.4 is 10.5 Å². The first-order valence-corrected chi connectivity index (χ1v) is 12.4. The summed E-state index contributed by atoms with van der Waals surface area (Å²) < 4.78 is 30.7. The molecule has 2 heterocycles. The summed E-state index contributed by atoms with van der Waals surface area (Å²) in [7, 11) is 1.93. The molecule has 4 nitrogen and oxygen atoms in total. The molecule has 0 fully saturated rings. The fourth-order valence-electron chi connectivity index (χ4n) is 3.41. The zero-order valence-electron chi connectivity index (χ0n) is 22.5. The number of halogens is 2. The van der Waals surface area contributed by atoms with Gasteiger partial charge in [-0.1, -0.05) is 79.5 Å². The average Bonchev–Trinajstić information content (AvgIpc) is 2.99. The topological polar surface area (TPSA) is 51.4 Å². The van der Waals surface area contributed by atoms with Crippen molar-refractivity contribution in [3.63, 3.8) is 0 Å². The van der Waals surface area contributed by atoms with Crippen LogP contribution in [0.2, 0.25) is 0 Å². The highest BCUT2D eigenvalue weighted by molar-refractivity contribution is 5.67. The van der Waals surface area contributed by atoms with E-state index in [1.54, 1.807) is 25.4 Å². The Morgan fingerprint density at radius 3 is 2.24 bits per heavy atom. The second-order valence-corrected chi connectivity index (χ2v) is 7.76. The van der Waals surface area contributed by atoms with Gasteiger partial charge in [0, 0.05) is 35.8 Å². The van der Waals surface area contributed by atoms with Crippen molar-refractivity contribution in [3.05, 3.63) is 65.0 Å². The van der Waals surface area contributed by atoms with Crippen LogP contribution in [0.25, 0.3) is 5.70 Å². The SMILES string of the molecule is CC.CC.CCC(C)CC.Cc1cccc(C2c3ccncc3C(N)=CCN2C)c1OC(F)F. The molecule has 1 aliphatic heterocycles. The number of aryl methyl sites for hydroxylation is 1. The van der Waals surface area contributed by atoms with Crippen LogP contribution in [-0.4, -0.2) is 30.1 Å². The molecule has 1 aliphatic rings. The minimum Gasteiger partial charge on any atom is -0.434 e. The van der Waals surface area contributed by atoms with Crippen molar-refractivity contribution in [2.45, 2.75) is 80.9 Å². The second kappa shape index (κ2) is 17.0. The molecule has 6 heteroatoms. The Hall–Kier alpha value is -2.47. The van der Waals surface area contributed by atoms with E-state index in [9.17, 15) is 8.78 Å². The molecule has 1 aromatic heterocycles. The van der Waals surface area contributed by atoms with E-state index in [-0.39, 0.29) is 11.8 Å². The third-order valence-corrected chi connectivity index (χ3v) is 5.64. The number of nitrogens with zero attached hydrogens (tertiary/aromatic N) is 2. The Balaban J connectivity index is 0.000000938. The predicted octanol–water partition coefficient (Wildman–Crippen LogP) is 7.82. The molecule has 0 saturated carbocycles. The number of fused-ring (bicyclic) bond motifs is 1. The van der Waals surface area contributed by atoms with E-state index in [4.69, 9.17) is 10.5 Å². The molecule has 0 saturated heterocycles.